The number of benzene rings is 1. The van der Waals surface area contributed by atoms with Gasteiger partial charge in [0.15, 0.2) is 0 Å². The highest BCUT2D eigenvalue weighted by Gasteiger charge is 2.08. The van der Waals surface area contributed by atoms with Gasteiger partial charge in [-0.1, -0.05) is 30.3 Å². The van der Waals surface area contributed by atoms with E-state index in [1.165, 1.54) is 0 Å². The van der Waals surface area contributed by atoms with Crippen LogP contribution in [0, 0.1) is 3.57 Å². The van der Waals surface area contributed by atoms with Crippen LogP contribution >= 0.6 is 22.6 Å². The third kappa shape index (κ3) is 2.32. The normalized spacial score (nSPS) is 10.1. The van der Waals surface area contributed by atoms with Gasteiger partial charge in [0, 0.05) is 12.1 Å². The highest BCUT2D eigenvalue weighted by Crippen LogP contribution is 2.26. The molecule has 0 bridgehead atoms. The fraction of sp³-hybridized carbons (Fsp3) is 0.167. The van der Waals surface area contributed by atoms with E-state index in [0.29, 0.717) is 0 Å². The average molecular weight is 325 g/mol. The van der Waals surface area contributed by atoms with Gasteiger partial charge in [-0.2, -0.15) is 0 Å². The molecule has 0 aliphatic carbocycles. The molecule has 0 spiro atoms. The summed E-state index contributed by atoms with van der Waals surface area (Å²) in [6, 6.07) is 10.1. The topological polar surface area (TPSA) is 37.8 Å². The zero-order valence-electron chi connectivity index (χ0n) is 8.94. The first-order valence-electron chi connectivity index (χ1n) is 5.12. The first-order valence-corrected chi connectivity index (χ1v) is 6.20. The maximum atomic E-state index is 4.33. The summed E-state index contributed by atoms with van der Waals surface area (Å²) in [6.45, 7) is 2.92. The fourth-order valence-corrected chi connectivity index (χ4v) is 2.24. The van der Waals surface area contributed by atoms with E-state index in [2.05, 4.69) is 56.9 Å². The van der Waals surface area contributed by atoms with Gasteiger partial charge in [-0.3, -0.25) is 0 Å². The van der Waals surface area contributed by atoms with E-state index in [0.717, 1.165) is 27.2 Å². The van der Waals surface area contributed by atoms with Crippen LogP contribution in [0.3, 0.4) is 0 Å². The van der Waals surface area contributed by atoms with Gasteiger partial charge in [-0.05, 0) is 29.5 Å². The van der Waals surface area contributed by atoms with Gasteiger partial charge in [0.05, 0.1) is 9.26 Å². The summed E-state index contributed by atoms with van der Waals surface area (Å²) in [4.78, 5) is 8.56. The van der Waals surface area contributed by atoms with E-state index in [9.17, 15) is 0 Å². The van der Waals surface area contributed by atoms with Crippen molar-refractivity contribution in [3.8, 4) is 11.3 Å². The Bertz CT molecular complexity index is 471. The van der Waals surface area contributed by atoms with Gasteiger partial charge < -0.3 is 5.32 Å². The molecule has 0 amide bonds. The third-order valence-electron chi connectivity index (χ3n) is 2.18. The average Bonchev–Trinajstić information content (AvgIpc) is 2.33. The lowest BCUT2D eigenvalue weighted by Gasteiger charge is -2.08. The van der Waals surface area contributed by atoms with Crippen LogP contribution in [-0.2, 0) is 0 Å². The summed E-state index contributed by atoms with van der Waals surface area (Å²) in [6.07, 6.45) is 1.60. The van der Waals surface area contributed by atoms with E-state index in [1.807, 2.05) is 18.2 Å². The molecule has 1 heterocycles. The predicted octanol–water partition coefficient (Wildman–Crippen LogP) is 3.18. The largest absolute Gasteiger partial charge is 0.369 e. The monoisotopic (exact) mass is 325 g/mol. The van der Waals surface area contributed by atoms with Crippen LogP contribution in [0.2, 0.25) is 0 Å². The van der Waals surface area contributed by atoms with Gasteiger partial charge >= 0.3 is 0 Å². The van der Waals surface area contributed by atoms with E-state index in [-0.39, 0.29) is 0 Å². The summed E-state index contributed by atoms with van der Waals surface area (Å²) >= 11 is 2.28. The quantitative estimate of drug-likeness (QED) is 0.881. The van der Waals surface area contributed by atoms with Crippen LogP contribution in [0.25, 0.3) is 11.3 Å². The molecule has 0 fully saturated rings. The highest BCUT2D eigenvalue weighted by atomic mass is 127. The maximum absolute atomic E-state index is 4.33. The summed E-state index contributed by atoms with van der Waals surface area (Å²) in [5.41, 5.74) is 2.10. The molecule has 0 saturated heterocycles. The fourth-order valence-electron chi connectivity index (χ4n) is 1.46. The Morgan fingerprint density at radius 1 is 1.19 bits per heavy atom. The van der Waals surface area contributed by atoms with Crippen LogP contribution in [0.1, 0.15) is 6.92 Å². The molecular formula is C12H12IN3. The van der Waals surface area contributed by atoms with Crippen molar-refractivity contribution in [1.29, 1.82) is 0 Å². The first-order chi connectivity index (χ1) is 7.83. The number of nitrogens with one attached hydrogen (secondary N) is 1. The number of aromatic nitrogens is 2. The Balaban J connectivity index is 2.46. The van der Waals surface area contributed by atoms with Crippen molar-refractivity contribution in [2.45, 2.75) is 6.92 Å². The van der Waals surface area contributed by atoms with Gasteiger partial charge in [0.2, 0.25) is 0 Å². The Labute approximate surface area is 108 Å². The van der Waals surface area contributed by atoms with Crippen molar-refractivity contribution < 1.29 is 0 Å². The minimum atomic E-state index is 0.862. The zero-order valence-corrected chi connectivity index (χ0v) is 11.1. The molecule has 0 radical (unpaired) electrons. The van der Waals surface area contributed by atoms with Crippen molar-refractivity contribution in [2.75, 3.05) is 11.9 Å². The van der Waals surface area contributed by atoms with Crippen molar-refractivity contribution >= 4 is 28.4 Å². The first kappa shape index (κ1) is 11.3. The molecule has 1 N–H and O–H groups in total. The molecule has 4 heteroatoms. The second kappa shape index (κ2) is 5.25. The molecule has 16 heavy (non-hydrogen) atoms. The molecule has 2 rings (SSSR count). The van der Waals surface area contributed by atoms with Gasteiger partial charge in [0.25, 0.3) is 0 Å². The molecule has 0 unspecified atom stereocenters. The molecule has 0 aliphatic heterocycles. The summed E-state index contributed by atoms with van der Waals surface area (Å²) in [7, 11) is 0. The number of hydrogen-bond donors (Lipinski definition) is 1. The van der Waals surface area contributed by atoms with Crippen LogP contribution in [0.15, 0.2) is 36.7 Å². The lowest BCUT2D eigenvalue weighted by molar-refractivity contribution is 1.10. The van der Waals surface area contributed by atoms with E-state index in [4.69, 9.17) is 0 Å². The molecule has 3 nitrogen and oxygen atoms in total. The number of rotatable bonds is 3. The summed E-state index contributed by atoms with van der Waals surface area (Å²) < 4.78 is 1.06. The SMILES string of the molecule is CCNc1ncnc(-c2ccccc2)c1I. The molecule has 82 valence electrons. The zero-order chi connectivity index (χ0) is 11.4. The smallest absolute Gasteiger partial charge is 0.143 e. The molecule has 0 atom stereocenters. The maximum Gasteiger partial charge on any atom is 0.143 e. The summed E-state index contributed by atoms with van der Waals surface area (Å²) in [5, 5.41) is 3.23. The molecule has 2 aromatic rings. The van der Waals surface area contributed by atoms with E-state index in [1.54, 1.807) is 6.33 Å². The Morgan fingerprint density at radius 2 is 1.94 bits per heavy atom. The number of anilines is 1. The number of nitrogens with zero attached hydrogens (tertiary/aromatic N) is 2. The lowest BCUT2D eigenvalue weighted by Crippen LogP contribution is -2.03. The second-order valence-corrected chi connectivity index (χ2v) is 4.36. The predicted molar refractivity (Wildman–Crippen MR) is 74.3 cm³/mol. The van der Waals surface area contributed by atoms with E-state index >= 15 is 0 Å². The molecule has 0 aliphatic rings. The van der Waals surface area contributed by atoms with E-state index < -0.39 is 0 Å². The summed E-state index contributed by atoms with van der Waals surface area (Å²) in [5.74, 6) is 0.900. The van der Waals surface area contributed by atoms with Crippen LogP contribution < -0.4 is 5.32 Å². The third-order valence-corrected chi connectivity index (χ3v) is 3.20. The van der Waals surface area contributed by atoms with Crippen molar-refractivity contribution in [2.24, 2.45) is 0 Å². The standard InChI is InChI=1S/C12H12IN3/c1-2-14-12-10(13)11(15-8-16-12)9-6-4-3-5-7-9/h3-8H,2H2,1H3,(H,14,15,16). The van der Waals surface area contributed by atoms with Crippen molar-refractivity contribution in [1.82, 2.24) is 9.97 Å². The Kier molecular flexibility index (Phi) is 3.71. The second-order valence-electron chi connectivity index (χ2n) is 3.28. The Morgan fingerprint density at radius 3 is 2.62 bits per heavy atom. The molecule has 1 aromatic carbocycles. The van der Waals surface area contributed by atoms with Gasteiger partial charge in [0.1, 0.15) is 12.1 Å². The Hall–Kier alpha value is -1.17. The molecule has 0 saturated carbocycles. The van der Waals surface area contributed by atoms with Gasteiger partial charge in [-0.15, -0.1) is 0 Å². The highest BCUT2D eigenvalue weighted by molar-refractivity contribution is 14.1. The van der Waals surface area contributed by atoms with Crippen molar-refractivity contribution in [3.05, 3.63) is 40.2 Å². The minimum Gasteiger partial charge on any atom is -0.369 e. The van der Waals surface area contributed by atoms with Crippen LogP contribution in [0.4, 0.5) is 5.82 Å². The molecular weight excluding hydrogens is 313 g/mol. The number of hydrogen-bond acceptors (Lipinski definition) is 3. The van der Waals surface area contributed by atoms with Crippen LogP contribution in [-0.4, -0.2) is 16.5 Å². The molecule has 1 aromatic heterocycles. The minimum absolute atomic E-state index is 0.862. The van der Waals surface area contributed by atoms with Crippen molar-refractivity contribution in [3.63, 3.8) is 0 Å². The number of halogens is 1. The van der Waals surface area contributed by atoms with Gasteiger partial charge in [-0.25, -0.2) is 9.97 Å². The lowest BCUT2D eigenvalue weighted by atomic mass is 10.1. The van der Waals surface area contributed by atoms with Crippen LogP contribution in [0.5, 0.6) is 0 Å².